The first-order chi connectivity index (χ1) is 9.96. The van der Waals surface area contributed by atoms with E-state index in [0.717, 1.165) is 25.8 Å². The highest BCUT2D eigenvalue weighted by Gasteiger charge is 2.44. The molecule has 1 aliphatic rings. The first-order valence-corrected chi connectivity index (χ1v) is 8.21. The van der Waals surface area contributed by atoms with E-state index >= 15 is 0 Å². The van der Waals surface area contributed by atoms with Gasteiger partial charge in [-0.2, -0.15) is 5.10 Å². The van der Waals surface area contributed by atoms with Crippen LogP contribution in [0.3, 0.4) is 0 Å². The number of hydrogen-bond donors (Lipinski definition) is 1. The van der Waals surface area contributed by atoms with Crippen molar-refractivity contribution < 1.29 is 4.74 Å². The van der Waals surface area contributed by atoms with Crippen molar-refractivity contribution in [3.63, 3.8) is 0 Å². The van der Waals surface area contributed by atoms with Crippen LogP contribution in [0.25, 0.3) is 0 Å². The molecule has 0 saturated heterocycles. The standard InChI is InChI=1S/C17H31N3O/c1-6-11-20-13-14(12-19-20)15(18-4)17(21-5)9-7-16(2,3)8-10-17/h12-13,15,18H,6-11H2,1-5H3. The molecule has 1 N–H and O–H groups in total. The second-order valence-corrected chi connectivity index (χ2v) is 7.19. The molecule has 1 aromatic heterocycles. The SMILES string of the molecule is CCCn1cc(C(NC)C2(OC)CCC(C)(C)CC2)cn1. The molecule has 4 nitrogen and oxygen atoms in total. The number of hydrogen-bond acceptors (Lipinski definition) is 3. The van der Waals surface area contributed by atoms with Gasteiger partial charge in [0.15, 0.2) is 0 Å². The van der Waals surface area contributed by atoms with Crippen LogP contribution in [0.1, 0.15) is 64.5 Å². The van der Waals surface area contributed by atoms with E-state index in [9.17, 15) is 0 Å². The Labute approximate surface area is 129 Å². The average Bonchev–Trinajstić information content (AvgIpc) is 2.90. The fourth-order valence-corrected chi connectivity index (χ4v) is 3.57. The summed E-state index contributed by atoms with van der Waals surface area (Å²) in [5.74, 6) is 0. The lowest BCUT2D eigenvalue weighted by molar-refractivity contribution is -0.0862. The fraction of sp³-hybridized carbons (Fsp3) is 0.824. The predicted molar refractivity (Wildman–Crippen MR) is 86.3 cm³/mol. The minimum atomic E-state index is -0.107. The molecule has 120 valence electrons. The second-order valence-electron chi connectivity index (χ2n) is 7.19. The molecule has 4 heteroatoms. The van der Waals surface area contributed by atoms with Gasteiger partial charge < -0.3 is 10.1 Å². The van der Waals surface area contributed by atoms with E-state index in [1.807, 2.05) is 25.0 Å². The average molecular weight is 293 g/mol. The van der Waals surface area contributed by atoms with Gasteiger partial charge in [0.05, 0.1) is 17.8 Å². The molecule has 1 atom stereocenters. The number of aromatic nitrogens is 2. The summed E-state index contributed by atoms with van der Waals surface area (Å²) in [7, 11) is 3.89. The van der Waals surface area contributed by atoms with E-state index in [4.69, 9.17) is 4.74 Å². The van der Waals surface area contributed by atoms with Gasteiger partial charge in [0.2, 0.25) is 0 Å². The van der Waals surface area contributed by atoms with Gasteiger partial charge in [-0.05, 0) is 44.6 Å². The zero-order valence-electron chi connectivity index (χ0n) is 14.3. The van der Waals surface area contributed by atoms with Gasteiger partial charge in [0, 0.05) is 25.4 Å². The largest absolute Gasteiger partial charge is 0.376 e. The van der Waals surface area contributed by atoms with Gasteiger partial charge >= 0.3 is 0 Å². The predicted octanol–water partition coefficient (Wildman–Crippen LogP) is 3.54. The Balaban J connectivity index is 2.21. The maximum Gasteiger partial charge on any atom is 0.0874 e. The molecular weight excluding hydrogens is 262 g/mol. The number of nitrogens with one attached hydrogen (secondary N) is 1. The molecule has 21 heavy (non-hydrogen) atoms. The minimum absolute atomic E-state index is 0.107. The van der Waals surface area contributed by atoms with E-state index in [1.165, 1.54) is 18.4 Å². The Morgan fingerprint density at radius 2 is 2.00 bits per heavy atom. The topological polar surface area (TPSA) is 39.1 Å². The summed E-state index contributed by atoms with van der Waals surface area (Å²) in [6.45, 7) is 7.88. The number of aryl methyl sites for hydroxylation is 1. The summed E-state index contributed by atoms with van der Waals surface area (Å²) in [6.07, 6.45) is 9.89. The highest BCUT2D eigenvalue weighted by molar-refractivity contribution is 5.17. The Bertz CT molecular complexity index is 443. The molecule has 1 heterocycles. The van der Waals surface area contributed by atoms with Crippen molar-refractivity contribution in [2.45, 2.75) is 71.1 Å². The van der Waals surface area contributed by atoms with Crippen molar-refractivity contribution in [2.24, 2.45) is 5.41 Å². The number of likely N-dealkylation sites (N-methyl/N-ethyl adjacent to an activating group) is 1. The summed E-state index contributed by atoms with van der Waals surface area (Å²) in [5.41, 5.74) is 1.57. The van der Waals surface area contributed by atoms with Crippen LogP contribution in [0, 0.1) is 5.41 Å². The van der Waals surface area contributed by atoms with Gasteiger partial charge in [-0.3, -0.25) is 4.68 Å². The van der Waals surface area contributed by atoms with Gasteiger partial charge in [0.1, 0.15) is 0 Å². The van der Waals surface area contributed by atoms with Crippen LogP contribution in [0.5, 0.6) is 0 Å². The Hall–Kier alpha value is -0.870. The van der Waals surface area contributed by atoms with Crippen molar-refractivity contribution in [1.82, 2.24) is 15.1 Å². The summed E-state index contributed by atoms with van der Waals surface area (Å²) >= 11 is 0. The third kappa shape index (κ3) is 3.49. The molecule has 0 radical (unpaired) electrons. The third-order valence-corrected chi connectivity index (χ3v) is 5.11. The molecule has 1 aromatic rings. The van der Waals surface area contributed by atoms with Crippen molar-refractivity contribution in [3.05, 3.63) is 18.0 Å². The lowest BCUT2D eigenvalue weighted by Gasteiger charge is -2.46. The molecular formula is C17H31N3O. The fourth-order valence-electron chi connectivity index (χ4n) is 3.57. The number of methoxy groups -OCH3 is 1. The van der Waals surface area contributed by atoms with Gasteiger partial charge in [0.25, 0.3) is 0 Å². The van der Waals surface area contributed by atoms with Gasteiger partial charge in [-0.1, -0.05) is 20.8 Å². The third-order valence-electron chi connectivity index (χ3n) is 5.11. The maximum absolute atomic E-state index is 6.05. The van der Waals surface area contributed by atoms with E-state index in [2.05, 4.69) is 37.4 Å². The van der Waals surface area contributed by atoms with Crippen LogP contribution in [0.15, 0.2) is 12.4 Å². The lowest BCUT2D eigenvalue weighted by Crippen LogP contribution is -2.48. The molecule has 0 aliphatic heterocycles. The minimum Gasteiger partial charge on any atom is -0.376 e. The molecule has 1 saturated carbocycles. The van der Waals surface area contributed by atoms with Crippen molar-refractivity contribution in [1.29, 1.82) is 0 Å². The quantitative estimate of drug-likeness (QED) is 0.872. The van der Waals surface area contributed by atoms with Crippen LogP contribution >= 0.6 is 0 Å². The zero-order chi connectivity index (χ0) is 15.5. The van der Waals surface area contributed by atoms with E-state index in [-0.39, 0.29) is 11.6 Å². The van der Waals surface area contributed by atoms with E-state index in [1.54, 1.807) is 0 Å². The van der Waals surface area contributed by atoms with Crippen molar-refractivity contribution in [3.8, 4) is 0 Å². The van der Waals surface area contributed by atoms with Crippen LogP contribution in [-0.2, 0) is 11.3 Å². The molecule has 1 aliphatic carbocycles. The number of ether oxygens (including phenoxy) is 1. The number of rotatable bonds is 6. The van der Waals surface area contributed by atoms with Crippen molar-refractivity contribution in [2.75, 3.05) is 14.2 Å². The normalized spacial score (nSPS) is 22.1. The molecule has 1 unspecified atom stereocenters. The van der Waals surface area contributed by atoms with E-state index < -0.39 is 0 Å². The second kappa shape index (κ2) is 6.49. The smallest absolute Gasteiger partial charge is 0.0874 e. The Morgan fingerprint density at radius 1 is 1.33 bits per heavy atom. The maximum atomic E-state index is 6.05. The summed E-state index contributed by atoms with van der Waals surface area (Å²) < 4.78 is 8.09. The van der Waals surface area contributed by atoms with Crippen LogP contribution in [0.2, 0.25) is 0 Å². The van der Waals surface area contributed by atoms with Gasteiger partial charge in [-0.25, -0.2) is 0 Å². The number of nitrogens with zero attached hydrogens (tertiary/aromatic N) is 2. The first kappa shape index (κ1) is 16.5. The first-order valence-electron chi connectivity index (χ1n) is 8.21. The zero-order valence-corrected chi connectivity index (χ0v) is 14.3. The van der Waals surface area contributed by atoms with Gasteiger partial charge in [-0.15, -0.1) is 0 Å². The summed E-state index contributed by atoms with van der Waals surface area (Å²) in [4.78, 5) is 0. The molecule has 0 amide bonds. The molecule has 0 spiro atoms. The van der Waals surface area contributed by atoms with Crippen LogP contribution < -0.4 is 5.32 Å². The van der Waals surface area contributed by atoms with Crippen LogP contribution in [0.4, 0.5) is 0 Å². The monoisotopic (exact) mass is 293 g/mol. The molecule has 2 rings (SSSR count). The Morgan fingerprint density at radius 3 is 2.52 bits per heavy atom. The van der Waals surface area contributed by atoms with E-state index in [0.29, 0.717) is 5.41 Å². The molecule has 0 bridgehead atoms. The van der Waals surface area contributed by atoms with Crippen LogP contribution in [-0.4, -0.2) is 29.5 Å². The summed E-state index contributed by atoms with van der Waals surface area (Å²) in [5, 5.41) is 7.97. The molecule has 0 aromatic carbocycles. The molecule has 1 fully saturated rings. The Kier molecular flexibility index (Phi) is 5.10. The lowest BCUT2D eigenvalue weighted by atomic mass is 9.67. The highest BCUT2D eigenvalue weighted by atomic mass is 16.5. The highest BCUT2D eigenvalue weighted by Crippen LogP contribution is 2.47. The summed E-state index contributed by atoms with van der Waals surface area (Å²) in [6, 6.07) is 0.212. The van der Waals surface area contributed by atoms with Crippen molar-refractivity contribution >= 4 is 0 Å².